The van der Waals surface area contributed by atoms with E-state index in [-0.39, 0.29) is 16.6 Å². The zero-order valence-corrected chi connectivity index (χ0v) is 17.9. The summed E-state index contributed by atoms with van der Waals surface area (Å²) in [6.45, 7) is 5.30. The molecule has 0 aliphatic heterocycles. The summed E-state index contributed by atoms with van der Waals surface area (Å²) < 4.78 is 30.9. The van der Waals surface area contributed by atoms with Crippen molar-refractivity contribution in [2.75, 3.05) is 12.0 Å². The number of rotatable bonds is 5. The van der Waals surface area contributed by atoms with Gasteiger partial charge < -0.3 is 15.2 Å². The van der Waals surface area contributed by atoms with Gasteiger partial charge in [0.25, 0.3) is 0 Å². The van der Waals surface area contributed by atoms with E-state index in [9.17, 15) is 18.3 Å². The van der Waals surface area contributed by atoms with Crippen LogP contribution < -0.4 is 5.32 Å². The number of aliphatic hydroxyl groups excluding tert-OH is 1. The first kappa shape index (κ1) is 22.0. The molecule has 8 heteroatoms. The fourth-order valence-electron chi connectivity index (χ4n) is 3.21. The maximum absolute atomic E-state index is 12.8. The lowest BCUT2D eigenvalue weighted by atomic mass is 9.84. The van der Waals surface area contributed by atoms with Crippen LogP contribution in [-0.2, 0) is 14.6 Å². The third kappa shape index (κ3) is 6.69. The average molecular weight is 416 g/mol. The van der Waals surface area contributed by atoms with Crippen LogP contribution in [0.15, 0.2) is 34.1 Å². The number of carbonyl (C=O) groups is 1. The van der Waals surface area contributed by atoms with Crippen LogP contribution in [-0.4, -0.2) is 49.4 Å². The highest BCUT2D eigenvalue weighted by molar-refractivity contribution is 7.98. The number of ether oxygens (including phenoxy) is 1. The summed E-state index contributed by atoms with van der Waals surface area (Å²) in [4.78, 5) is 13.4. The van der Waals surface area contributed by atoms with Crippen LogP contribution in [0.2, 0.25) is 0 Å². The number of amides is 1. The molecule has 0 spiro atoms. The van der Waals surface area contributed by atoms with Crippen LogP contribution in [0, 0.1) is 5.92 Å². The molecule has 0 heterocycles. The van der Waals surface area contributed by atoms with Crippen molar-refractivity contribution in [3.63, 3.8) is 0 Å². The first-order valence-electron chi connectivity index (χ1n) is 9.04. The highest BCUT2D eigenvalue weighted by atomic mass is 32.2. The van der Waals surface area contributed by atoms with Crippen LogP contribution in [0.25, 0.3) is 0 Å². The Labute approximate surface area is 166 Å². The number of hydrogen-bond donors (Lipinski definition) is 2. The molecule has 1 aromatic carbocycles. The van der Waals surface area contributed by atoms with Crippen LogP contribution in [0.4, 0.5) is 4.79 Å². The molecule has 3 unspecified atom stereocenters. The Balaban J connectivity index is 2.11. The van der Waals surface area contributed by atoms with Gasteiger partial charge in [0, 0.05) is 10.9 Å². The van der Waals surface area contributed by atoms with Crippen LogP contribution >= 0.6 is 11.8 Å². The minimum atomic E-state index is -3.49. The molecule has 2 rings (SSSR count). The topological polar surface area (TPSA) is 92.7 Å². The van der Waals surface area contributed by atoms with E-state index in [2.05, 4.69) is 5.32 Å². The number of sulfone groups is 1. The highest BCUT2D eigenvalue weighted by Crippen LogP contribution is 2.29. The average Bonchev–Trinajstić information content (AvgIpc) is 2.55. The van der Waals surface area contributed by atoms with Gasteiger partial charge in [-0.1, -0.05) is 0 Å². The van der Waals surface area contributed by atoms with Crippen molar-refractivity contribution in [2.45, 2.75) is 67.6 Å². The summed E-state index contributed by atoms with van der Waals surface area (Å²) in [5, 5.41) is 12.7. The second kappa shape index (κ2) is 8.84. The van der Waals surface area contributed by atoms with Gasteiger partial charge in [-0.25, -0.2) is 13.2 Å². The summed E-state index contributed by atoms with van der Waals surface area (Å²) in [6.07, 6.45) is 2.18. The standard InChI is InChI=1S/C19H29NO5S2/c1-19(2,3)25-18(22)20-17-11-14(21)6-5-13(17)12-27(23,24)16-9-7-15(26-4)8-10-16/h7-10,13-14,17,21H,5-6,11-12H2,1-4H3,(H,20,22). The Hall–Kier alpha value is -1.25. The van der Waals surface area contributed by atoms with Gasteiger partial charge in [-0.2, -0.15) is 0 Å². The van der Waals surface area contributed by atoms with Gasteiger partial charge in [0.05, 0.1) is 16.8 Å². The molecule has 0 bridgehead atoms. The van der Waals surface area contributed by atoms with Crippen molar-refractivity contribution >= 4 is 27.7 Å². The largest absolute Gasteiger partial charge is 0.444 e. The Morgan fingerprint density at radius 3 is 2.44 bits per heavy atom. The van der Waals surface area contributed by atoms with Crippen molar-refractivity contribution in [3.05, 3.63) is 24.3 Å². The molecule has 1 fully saturated rings. The van der Waals surface area contributed by atoms with E-state index in [1.165, 1.54) is 0 Å². The quantitative estimate of drug-likeness (QED) is 0.717. The smallest absolute Gasteiger partial charge is 0.407 e. The predicted octanol–water partition coefficient (Wildman–Crippen LogP) is 3.24. The highest BCUT2D eigenvalue weighted by Gasteiger charge is 2.35. The SMILES string of the molecule is CSc1ccc(S(=O)(=O)CC2CCC(O)CC2NC(=O)OC(C)(C)C)cc1. The summed E-state index contributed by atoms with van der Waals surface area (Å²) in [5.41, 5.74) is -0.641. The molecule has 3 atom stereocenters. The van der Waals surface area contributed by atoms with Gasteiger partial charge in [-0.05, 0) is 76.5 Å². The van der Waals surface area contributed by atoms with Crippen molar-refractivity contribution in [1.82, 2.24) is 5.32 Å². The molecular formula is C19H29NO5S2. The molecule has 1 saturated carbocycles. The molecule has 6 nitrogen and oxygen atoms in total. The Kier molecular flexibility index (Phi) is 7.21. The number of alkyl carbamates (subject to hydrolysis) is 1. The molecule has 1 aliphatic rings. The second-order valence-electron chi connectivity index (χ2n) is 7.94. The van der Waals surface area contributed by atoms with Gasteiger partial charge in [0.2, 0.25) is 0 Å². The van der Waals surface area contributed by atoms with Gasteiger partial charge in [0.15, 0.2) is 9.84 Å². The molecule has 1 aromatic rings. The first-order chi connectivity index (χ1) is 12.5. The zero-order chi connectivity index (χ0) is 20.2. The monoisotopic (exact) mass is 415 g/mol. The van der Waals surface area contributed by atoms with Gasteiger partial charge >= 0.3 is 6.09 Å². The van der Waals surface area contributed by atoms with Gasteiger partial charge in [0.1, 0.15) is 5.60 Å². The third-order valence-electron chi connectivity index (χ3n) is 4.52. The Morgan fingerprint density at radius 2 is 1.89 bits per heavy atom. The van der Waals surface area contributed by atoms with Crippen LogP contribution in [0.3, 0.4) is 0 Å². The Morgan fingerprint density at radius 1 is 1.26 bits per heavy atom. The summed E-state index contributed by atoms with van der Waals surface area (Å²) in [7, 11) is -3.49. The molecule has 152 valence electrons. The van der Waals surface area contributed by atoms with E-state index in [1.807, 2.05) is 6.26 Å². The van der Waals surface area contributed by atoms with E-state index < -0.39 is 33.7 Å². The number of aliphatic hydroxyl groups is 1. The minimum Gasteiger partial charge on any atom is -0.444 e. The number of benzene rings is 1. The normalized spacial score (nSPS) is 23.7. The molecule has 0 aromatic heterocycles. The zero-order valence-electron chi connectivity index (χ0n) is 16.3. The number of hydrogen-bond acceptors (Lipinski definition) is 6. The van der Waals surface area contributed by atoms with Gasteiger partial charge in [-0.15, -0.1) is 11.8 Å². The second-order valence-corrected chi connectivity index (χ2v) is 10.9. The van der Waals surface area contributed by atoms with E-state index in [4.69, 9.17) is 4.74 Å². The maximum Gasteiger partial charge on any atom is 0.407 e. The molecule has 2 N–H and O–H groups in total. The number of thioether (sulfide) groups is 1. The van der Waals surface area contributed by atoms with Crippen LogP contribution in [0.5, 0.6) is 0 Å². The molecule has 27 heavy (non-hydrogen) atoms. The summed E-state index contributed by atoms with van der Waals surface area (Å²) in [5.74, 6) is -0.343. The van der Waals surface area contributed by atoms with Crippen molar-refractivity contribution < 1.29 is 23.1 Å². The summed E-state index contributed by atoms with van der Waals surface area (Å²) >= 11 is 1.55. The van der Waals surface area contributed by atoms with E-state index in [0.29, 0.717) is 19.3 Å². The van der Waals surface area contributed by atoms with Crippen LogP contribution in [0.1, 0.15) is 40.0 Å². The lowest BCUT2D eigenvalue weighted by molar-refractivity contribution is 0.0399. The number of nitrogens with one attached hydrogen (secondary N) is 1. The van der Waals surface area contributed by atoms with E-state index in [1.54, 1.807) is 56.8 Å². The maximum atomic E-state index is 12.8. The van der Waals surface area contributed by atoms with Crippen molar-refractivity contribution in [3.8, 4) is 0 Å². The van der Waals surface area contributed by atoms with Crippen molar-refractivity contribution in [1.29, 1.82) is 0 Å². The summed E-state index contributed by atoms with van der Waals surface area (Å²) in [6, 6.07) is 6.38. The van der Waals surface area contributed by atoms with Gasteiger partial charge in [-0.3, -0.25) is 0 Å². The Bertz CT molecular complexity index is 740. The first-order valence-corrected chi connectivity index (χ1v) is 11.9. The fraction of sp³-hybridized carbons (Fsp3) is 0.632. The van der Waals surface area contributed by atoms with E-state index >= 15 is 0 Å². The lowest BCUT2D eigenvalue weighted by Crippen LogP contribution is -2.48. The van der Waals surface area contributed by atoms with Crippen molar-refractivity contribution in [2.24, 2.45) is 5.92 Å². The molecule has 0 saturated heterocycles. The lowest BCUT2D eigenvalue weighted by Gasteiger charge is -2.35. The molecule has 0 radical (unpaired) electrons. The predicted molar refractivity (Wildman–Crippen MR) is 107 cm³/mol. The third-order valence-corrected chi connectivity index (χ3v) is 7.12. The molecular weight excluding hydrogens is 386 g/mol. The van der Waals surface area contributed by atoms with E-state index in [0.717, 1.165) is 4.90 Å². The molecule has 1 aliphatic carbocycles. The minimum absolute atomic E-state index is 0.0706. The fourth-order valence-corrected chi connectivity index (χ4v) is 5.32. The number of carbonyl (C=O) groups excluding carboxylic acids is 1. The molecule has 1 amide bonds.